The number of hydrogen-bond acceptors (Lipinski definition) is 3. The average Bonchev–Trinajstić information content (AvgIpc) is 2.51. The van der Waals surface area contributed by atoms with Crippen molar-refractivity contribution >= 4 is 11.6 Å². The Morgan fingerprint density at radius 2 is 2.20 bits per heavy atom. The molecule has 0 bridgehead atoms. The Morgan fingerprint density at radius 3 is 2.60 bits per heavy atom. The summed E-state index contributed by atoms with van der Waals surface area (Å²) in [6.45, 7) is 7.76. The van der Waals surface area contributed by atoms with E-state index in [0.29, 0.717) is 5.69 Å². The maximum Gasteiger partial charge on any atom is 0.241 e. The van der Waals surface area contributed by atoms with Gasteiger partial charge in [-0.2, -0.15) is 5.10 Å². The van der Waals surface area contributed by atoms with Crippen molar-refractivity contribution in [1.29, 1.82) is 0 Å². The van der Waals surface area contributed by atoms with E-state index in [1.165, 1.54) is 0 Å². The second-order valence-electron chi connectivity index (χ2n) is 4.62. The summed E-state index contributed by atoms with van der Waals surface area (Å²) in [6, 6.07) is -0.511. The molecule has 0 fully saturated rings. The number of carbonyl (C=O) groups is 1. The van der Waals surface area contributed by atoms with Gasteiger partial charge in [-0.05, 0) is 27.7 Å². The zero-order chi connectivity index (χ0) is 11.6. The van der Waals surface area contributed by atoms with E-state index in [2.05, 4.69) is 10.4 Å². The number of hydrogen-bond donors (Lipinski definition) is 2. The lowest BCUT2D eigenvalue weighted by Gasteiger charge is -2.18. The second-order valence-corrected chi connectivity index (χ2v) is 4.62. The molecule has 0 aliphatic carbocycles. The molecule has 0 unspecified atom stereocenters. The van der Waals surface area contributed by atoms with Crippen LogP contribution in [0, 0.1) is 0 Å². The van der Waals surface area contributed by atoms with Gasteiger partial charge in [0.25, 0.3) is 0 Å². The van der Waals surface area contributed by atoms with Crippen LogP contribution in [0.25, 0.3) is 0 Å². The monoisotopic (exact) mass is 210 g/mol. The first kappa shape index (κ1) is 11.7. The summed E-state index contributed by atoms with van der Waals surface area (Å²) in [5, 5.41) is 6.85. The predicted octanol–water partition coefficient (Wildman–Crippen LogP) is 0.924. The zero-order valence-electron chi connectivity index (χ0n) is 9.61. The Bertz CT molecular complexity index is 349. The largest absolute Gasteiger partial charge is 0.322 e. The third kappa shape index (κ3) is 3.06. The number of aromatic nitrogens is 2. The van der Waals surface area contributed by atoms with Gasteiger partial charge in [0.15, 0.2) is 0 Å². The highest BCUT2D eigenvalue weighted by Gasteiger charge is 2.15. The molecule has 0 aromatic carbocycles. The normalized spacial score (nSPS) is 13.7. The number of nitrogens with two attached hydrogens (primary N) is 1. The number of carbonyl (C=O) groups excluding carboxylic acids is 1. The molecule has 0 radical (unpaired) electrons. The molecule has 1 aromatic rings. The number of amides is 1. The van der Waals surface area contributed by atoms with Crippen molar-refractivity contribution in [3.8, 4) is 0 Å². The molecule has 0 saturated heterocycles. The van der Waals surface area contributed by atoms with E-state index in [4.69, 9.17) is 5.73 Å². The molecule has 0 aliphatic rings. The summed E-state index contributed by atoms with van der Waals surface area (Å²) in [5.41, 5.74) is 6.02. The Morgan fingerprint density at radius 1 is 1.60 bits per heavy atom. The molecule has 1 aromatic heterocycles. The molecule has 5 nitrogen and oxygen atoms in total. The highest BCUT2D eigenvalue weighted by molar-refractivity contribution is 5.94. The first-order valence-electron chi connectivity index (χ1n) is 4.92. The van der Waals surface area contributed by atoms with Crippen molar-refractivity contribution in [1.82, 2.24) is 9.78 Å². The smallest absolute Gasteiger partial charge is 0.241 e. The SMILES string of the molecule is C[C@H](N)C(=O)Nc1cnn(C(C)(C)C)c1. The van der Waals surface area contributed by atoms with Crippen molar-refractivity contribution in [3.05, 3.63) is 12.4 Å². The highest BCUT2D eigenvalue weighted by Crippen LogP contribution is 2.15. The van der Waals surface area contributed by atoms with Gasteiger partial charge < -0.3 is 11.1 Å². The van der Waals surface area contributed by atoms with Gasteiger partial charge in [-0.15, -0.1) is 0 Å². The summed E-state index contributed by atoms with van der Waals surface area (Å²) in [7, 11) is 0. The molecular formula is C10H18N4O. The average molecular weight is 210 g/mol. The second kappa shape index (κ2) is 4.02. The minimum Gasteiger partial charge on any atom is -0.322 e. The highest BCUT2D eigenvalue weighted by atomic mass is 16.2. The van der Waals surface area contributed by atoms with Crippen LogP contribution >= 0.6 is 0 Å². The van der Waals surface area contributed by atoms with Crippen molar-refractivity contribution < 1.29 is 4.79 Å². The topological polar surface area (TPSA) is 72.9 Å². The van der Waals surface area contributed by atoms with Crippen LogP contribution in [0.15, 0.2) is 12.4 Å². The van der Waals surface area contributed by atoms with Gasteiger partial charge in [-0.25, -0.2) is 0 Å². The van der Waals surface area contributed by atoms with Gasteiger partial charge >= 0.3 is 0 Å². The Kier molecular flexibility index (Phi) is 3.14. The van der Waals surface area contributed by atoms with E-state index in [1.807, 2.05) is 20.8 Å². The molecule has 0 aliphatic heterocycles. The molecule has 1 amide bonds. The fourth-order valence-electron chi connectivity index (χ4n) is 1.01. The van der Waals surface area contributed by atoms with Crippen LogP contribution in [-0.2, 0) is 10.3 Å². The van der Waals surface area contributed by atoms with Gasteiger partial charge in [-0.1, -0.05) is 0 Å². The van der Waals surface area contributed by atoms with E-state index < -0.39 is 6.04 Å². The van der Waals surface area contributed by atoms with Crippen LogP contribution in [-0.4, -0.2) is 21.7 Å². The Labute approximate surface area is 89.6 Å². The van der Waals surface area contributed by atoms with E-state index >= 15 is 0 Å². The fraction of sp³-hybridized carbons (Fsp3) is 0.600. The lowest BCUT2D eigenvalue weighted by Crippen LogP contribution is -2.32. The summed E-state index contributed by atoms with van der Waals surface area (Å²) < 4.78 is 1.80. The molecule has 0 spiro atoms. The first-order chi connectivity index (χ1) is 6.80. The maximum atomic E-state index is 11.3. The van der Waals surface area contributed by atoms with Crippen LogP contribution in [0.1, 0.15) is 27.7 Å². The molecule has 3 N–H and O–H groups in total. The quantitative estimate of drug-likeness (QED) is 0.762. The molecule has 5 heteroatoms. The van der Waals surface area contributed by atoms with Crippen LogP contribution in [0.3, 0.4) is 0 Å². The molecule has 1 atom stereocenters. The molecule has 1 rings (SSSR count). The Balaban J connectivity index is 2.73. The number of nitrogens with one attached hydrogen (secondary N) is 1. The maximum absolute atomic E-state index is 11.3. The molecule has 0 saturated carbocycles. The van der Waals surface area contributed by atoms with E-state index in [9.17, 15) is 4.79 Å². The summed E-state index contributed by atoms with van der Waals surface area (Å²) in [4.78, 5) is 11.3. The number of rotatable bonds is 2. The van der Waals surface area contributed by atoms with Gasteiger partial charge in [0.2, 0.25) is 5.91 Å². The summed E-state index contributed by atoms with van der Waals surface area (Å²) in [5.74, 6) is -0.205. The van der Waals surface area contributed by atoms with Crippen LogP contribution < -0.4 is 11.1 Å². The molecule has 1 heterocycles. The van der Waals surface area contributed by atoms with Crippen LogP contribution in [0.2, 0.25) is 0 Å². The first-order valence-corrected chi connectivity index (χ1v) is 4.92. The molecular weight excluding hydrogens is 192 g/mol. The minimum absolute atomic E-state index is 0.0860. The summed E-state index contributed by atoms with van der Waals surface area (Å²) >= 11 is 0. The van der Waals surface area contributed by atoms with Crippen molar-refractivity contribution in [2.24, 2.45) is 5.73 Å². The van der Waals surface area contributed by atoms with Crippen LogP contribution in [0.4, 0.5) is 5.69 Å². The minimum atomic E-state index is -0.511. The summed E-state index contributed by atoms with van der Waals surface area (Å²) in [6.07, 6.45) is 3.41. The van der Waals surface area contributed by atoms with E-state index in [0.717, 1.165) is 0 Å². The van der Waals surface area contributed by atoms with Gasteiger partial charge in [-0.3, -0.25) is 9.48 Å². The van der Waals surface area contributed by atoms with Gasteiger partial charge in [0.05, 0.1) is 23.5 Å². The number of anilines is 1. The fourth-order valence-corrected chi connectivity index (χ4v) is 1.01. The third-order valence-corrected chi connectivity index (χ3v) is 1.95. The molecule has 84 valence electrons. The van der Waals surface area contributed by atoms with Crippen molar-refractivity contribution in [2.75, 3.05) is 5.32 Å². The molecule has 15 heavy (non-hydrogen) atoms. The predicted molar refractivity (Wildman–Crippen MR) is 59.5 cm³/mol. The zero-order valence-corrected chi connectivity index (χ0v) is 9.61. The van der Waals surface area contributed by atoms with Gasteiger partial charge in [0.1, 0.15) is 0 Å². The van der Waals surface area contributed by atoms with Gasteiger partial charge in [0, 0.05) is 6.20 Å². The Hall–Kier alpha value is -1.36. The van der Waals surface area contributed by atoms with Crippen molar-refractivity contribution in [2.45, 2.75) is 39.3 Å². The third-order valence-electron chi connectivity index (χ3n) is 1.95. The lowest BCUT2D eigenvalue weighted by molar-refractivity contribution is -0.117. The van der Waals surface area contributed by atoms with Crippen LogP contribution in [0.5, 0.6) is 0 Å². The van der Waals surface area contributed by atoms with E-state index in [-0.39, 0.29) is 11.4 Å². The lowest BCUT2D eigenvalue weighted by atomic mass is 10.1. The van der Waals surface area contributed by atoms with E-state index in [1.54, 1.807) is 24.0 Å². The number of nitrogens with zero attached hydrogens (tertiary/aromatic N) is 2. The van der Waals surface area contributed by atoms with Crippen molar-refractivity contribution in [3.63, 3.8) is 0 Å². The standard InChI is InChI=1S/C10H18N4O/c1-7(11)9(15)13-8-5-12-14(6-8)10(2,3)4/h5-7H,11H2,1-4H3,(H,13,15)/t7-/m0/s1.